The molecule has 0 aliphatic carbocycles. The third-order valence-electron chi connectivity index (χ3n) is 2.95. The minimum Gasteiger partial charge on any atom is -0.361 e. The largest absolute Gasteiger partial charge is 0.361 e. The van der Waals surface area contributed by atoms with Crippen molar-refractivity contribution in [2.24, 2.45) is 0 Å². The third-order valence-corrected chi connectivity index (χ3v) is 2.95. The van der Waals surface area contributed by atoms with Gasteiger partial charge in [0.2, 0.25) is 0 Å². The molecule has 2 rings (SSSR count). The lowest BCUT2D eigenvalue weighted by Crippen LogP contribution is -2.38. The van der Waals surface area contributed by atoms with Crippen LogP contribution < -0.4 is 5.32 Å². The molecule has 2 aromatic heterocycles. The quantitative estimate of drug-likeness (QED) is 0.928. The van der Waals surface area contributed by atoms with Gasteiger partial charge in [-0.3, -0.25) is 4.98 Å². The van der Waals surface area contributed by atoms with E-state index < -0.39 is 0 Å². The molecule has 6 heteroatoms. The average molecular weight is 274 g/mol. The number of nitrogens with one attached hydrogen (secondary N) is 1. The van der Waals surface area contributed by atoms with E-state index in [-0.39, 0.29) is 12.1 Å². The summed E-state index contributed by atoms with van der Waals surface area (Å²) in [7, 11) is 1.72. The summed E-state index contributed by atoms with van der Waals surface area (Å²) in [5, 5.41) is 6.78. The molecule has 2 heterocycles. The molecule has 106 valence electrons. The molecule has 2 aromatic rings. The summed E-state index contributed by atoms with van der Waals surface area (Å²) in [6.45, 7) is 4.15. The van der Waals surface area contributed by atoms with Crippen LogP contribution in [-0.2, 0) is 6.54 Å². The predicted molar refractivity (Wildman–Crippen MR) is 73.9 cm³/mol. The van der Waals surface area contributed by atoms with Crippen molar-refractivity contribution in [3.8, 4) is 0 Å². The van der Waals surface area contributed by atoms with Crippen molar-refractivity contribution in [3.05, 3.63) is 47.6 Å². The molecular weight excluding hydrogens is 256 g/mol. The van der Waals surface area contributed by atoms with Gasteiger partial charge in [-0.1, -0.05) is 11.2 Å². The average Bonchev–Trinajstić information content (AvgIpc) is 2.85. The molecule has 0 saturated carbocycles. The van der Waals surface area contributed by atoms with Crippen molar-refractivity contribution >= 4 is 6.03 Å². The van der Waals surface area contributed by atoms with Gasteiger partial charge in [0.15, 0.2) is 0 Å². The number of amides is 2. The van der Waals surface area contributed by atoms with Gasteiger partial charge in [-0.05, 0) is 25.5 Å². The molecule has 2 amide bonds. The fourth-order valence-corrected chi connectivity index (χ4v) is 1.82. The lowest BCUT2D eigenvalue weighted by atomic mass is 10.1. The van der Waals surface area contributed by atoms with E-state index in [9.17, 15) is 4.79 Å². The molecule has 1 atom stereocenters. The Morgan fingerprint density at radius 1 is 1.55 bits per heavy atom. The summed E-state index contributed by atoms with van der Waals surface area (Å²) in [4.78, 5) is 17.7. The fourth-order valence-electron chi connectivity index (χ4n) is 1.82. The highest BCUT2D eigenvalue weighted by atomic mass is 16.5. The molecule has 0 saturated heterocycles. The first-order chi connectivity index (χ1) is 9.56. The highest BCUT2D eigenvalue weighted by molar-refractivity contribution is 5.74. The summed E-state index contributed by atoms with van der Waals surface area (Å²) in [5.41, 5.74) is 1.70. The zero-order valence-electron chi connectivity index (χ0n) is 11.8. The monoisotopic (exact) mass is 274 g/mol. The molecule has 0 fully saturated rings. The fraction of sp³-hybridized carbons (Fsp3) is 0.357. The Bertz CT molecular complexity index is 568. The molecule has 20 heavy (non-hydrogen) atoms. The summed E-state index contributed by atoms with van der Waals surface area (Å²) in [5.74, 6) is 0.734. The van der Waals surface area contributed by atoms with Crippen LogP contribution in [0.25, 0.3) is 0 Å². The molecule has 0 radical (unpaired) electrons. The number of pyridine rings is 1. The van der Waals surface area contributed by atoms with Gasteiger partial charge in [0, 0.05) is 25.5 Å². The topological polar surface area (TPSA) is 71.3 Å². The van der Waals surface area contributed by atoms with Gasteiger partial charge in [-0.25, -0.2) is 4.79 Å². The van der Waals surface area contributed by atoms with Gasteiger partial charge >= 0.3 is 6.03 Å². The van der Waals surface area contributed by atoms with Crippen LogP contribution >= 0.6 is 0 Å². The second kappa shape index (κ2) is 6.18. The van der Waals surface area contributed by atoms with Gasteiger partial charge in [-0.2, -0.15) is 0 Å². The highest BCUT2D eigenvalue weighted by Crippen LogP contribution is 2.11. The Kier molecular flexibility index (Phi) is 4.34. The Labute approximate surface area is 117 Å². The van der Waals surface area contributed by atoms with Crippen LogP contribution in [0.2, 0.25) is 0 Å². The Morgan fingerprint density at radius 2 is 2.35 bits per heavy atom. The molecule has 0 aromatic carbocycles. The molecular formula is C14H18N4O2. The maximum absolute atomic E-state index is 12.1. The van der Waals surface area contributed by atoms with Crippen LogP contribution in [0.1, 0.15) is 30.0 Å². The van der Waals surface area contributed by atoms with Crippen molar-refractivity contribution in [2.75, 3.05) is 7.05 Å². The molecule has 0 unspecified atom stereocenters. The van der Waals surface area contributed by atoms with Crippen LogP contribution in [0.3, 0.4) is 0 Å². The number of aryl methyl sites for hydroxylation is 1. The SMILES string of the molecule is Cc1cc(CN(C)C(=O)N[C@@H](C)c2cccnc2)no1. The number of aromatic nitrogens is 2. The molecule has 0 spiro atoms. The Balaban J connectivity index is 1.91. The van der Waals surface area contributed by atoms with Crippen molar-refractivity contribution in [1.82, 2.24) is 20.4 Å². The number of carbonyl (C=O) groups is 1. The number of urea groups is 1. The summed E-state index contributed by atoms with van der Waals surface area (Å²) >= 11 is 0. The van der Waals surface area contributed by atoms with Gasteiger partial charge in [0.1, 0.15) is 11.5 Å². The number of carbonyl (C=O) groups excluding carboxylic acids is 1. The van der Waals surface area contributed by atoms with E-state index in [2.05, 4.69) is 15.5 Å². The Morgan fingerprint density at radius 3 is 2.95 bits per heavy atom. The first-order valence-electron chi connectivity index (χ1n) is 6.40. The van der Waals surface area contributed by atoms with E-state index in [0.29, 0.717) is 6.54 Å². The van der Waals surface area contributed by atoms with E-state index >= 15 is 0 Å². The predicted octanol–water partition coefficient (Wildman–Crippen LogP) is 2.28. The zero-order valence-corrected chi connectivity index (χ0v) is 11.8. The third kappa shape index (κ3) is 3.57. The first kappa shape index (κ1) is 14.0. The standard InChI is InChI=1S/C14H18N4O2/c1-10-7-13(17-20-10)9-18(3)14(19)16-11(2)12-5-4-6-15-8-12/h4-8,11H,9H2,1-3H3,(H,16,19)/t11-/m0/s1. The molecule has 0 aliphatic rings. The van der Waals surface area contributed by atoms with Crippen molar-refractivity contribution < 1.29 is 9.32 Å². The number of nitrogens with zero attached hydrogens (tertiary/aromatic N) is 3. The van der Waals surface area contributed by atoms with E-state index in [1.165, 1.54) is 0 Å². The number of hydrogen-bond donors (Lipinski definition) is 1. The molecule has 0 bridgehead atoms. The summed E-state index contributed by atoms with van der Waals surface area (Å²) in [6, 6.07) is 5.33. The number of hydrogen-bond acceptors (Lipinski definition) is 4. The van der Waals surface area contributed by atoms with Crippen molar-refractivity contribution in [2.45, 2.75) is 26.4 Å². The summed E-state index contributed by atoms with van der Waals surface area (Å²) in [6.07, 6.45) is 3.45. The first-order valence-corrected chi connectivity index (χ1v) is 6.40. The maximum Gasteiger partial charge on any atom is 0.317 e. The van der Waals surface area contributed by atoms with E-state index in [4.69, 9.17) is 4.52 Å². The van der Waals surface area contributed by atoms with Gasteiger partial charge in [0.05, 0.1) is 12.6 Å². The minimum absolute atomic E-state index is 0.0994. The van der Waals surface area contributed by atoms with Crippen LogP contribution in [-0.4, -0.2) is 28.1 Å². The Hall–Kier alpha value is -2.37. The van der Waals surface area contributed by atoms with E-state index in [1.807, 2.05) is 32.0 Å². The van der Waals surface area contributed by atoms with Gasteiger partial charge < -0.3 is 14.7 Å². The van der Waals surface area contributed by atoms with Crippen LogP contribution in [0.15, 0.2) is 35.1 Å². The van der Waals surface area contributed by atoms with Gasteiger partial charge in [0.25, 0.3) is 0 Å². The van der Waals surface area contributed by atoms with Crippen LogP contribution in [0.5, 0.6) is 0 Å². The lowest BCUT2D eigenvalue weighted by Gasteiger charge is -2.20. The number of rotatable bonds is 4. The second-order valence-electron chi connectivity index (χ2n) is 4.74. The molecule has 0 aliphatic heterocycles. The normalized spacial score (nSPS) is 11.9. The smallest absolute Gasteiger partial charge is 0.317 e. The maximum atomic E-state index is 12.1. The van der Waals surface area contributed by atoms with E-state index in [0.717, 1.165) is 17.0 Å². The van der Waals surface area contributed by atoms with Crippen molar-refractivity contribution in [1.29, 1.82) is 0 Å². The summed E-state index contributed by atoms with van der Waals surface area (Å²) < 4.78 is 4.98. The van der Waals surface area contributed by atoms with E-state index in [1.54, 1.807) is 24.3 Å². The lowest BCUT2D eigenvalue weighted by molar-refractivity contribution is 0.202. The molecule has 6 nitrogen and oxygen atoms in total. The second-order valence-corrected chi connectivity index (χ2v) is 4.74. The zero-order chi connectivity index (χ0) is 14.5. The van der Waals surface area contributed by atoms with Crippen molar-refractivity contribution in [3.63, 3.8) is 0 Å². The van der Waals surface area contributed by atoms with Crippen LogP contribution in [0.4, 0.5) is 4.79 Å². The van der Waals surface area contributed by atoms with Crippen LogP contribution in [0, 0.1) is 6.92 Å². The molecule has 1 N–H and O–H groups in total. The van der Waals surface area contributed by atoms with Gasteiger partial charge in [-0.15, -0.1) is 0 Å². The highest BCUT2D eigenvalue weighted by Gasteiger charge is 2.14. The minimum atomic E-state index is -0.165.